The molecule has 0 heterocycles. The highest BCUT2D eigenvalue weighted by atomic mass is 15.4. The highest BCUT2D eigenvalue weighted by molar-refractivity contribution is 4.58. The van der Waals surface area contributed by atoms with Crippen molar-refractivity contribution in [1.29, 1.82) is 0 Å². The van der Waals surface area contributed by atoms with Gasteiger partial charge in [0, 0.05) is 12.6 Å². The molecule has 0 radical (unpaired) electrons. The number of hydrogen-bond acceptors (Lipinski definition) is 3. The minimum Gasteiger partial charge on any atom is -0.308 e. The lowest BCUT2D eigenvalue weighted by atomic mass is 10.3. The fourth-order valence-corrected chi connectivity index (χ4v) is 0.840. The minimum absolute atomic E-state index is 0.505. The number of hydrogen-bond donors (Lipinski definition) is 2. The molecule has 9 heavy (non-hydrogen) atoms. The Hall–Kier alpha value is -0.120. The van der Waals surface area contributed by atoms with Gasteiger partial charge >= 0.3 is 0 Å². The van der Waals surface area contributed by atoms with Crippen LogP contribution in [0.5, 0.6) is 0 Å². The maximum Gasteiger partial charge on any atom is 0.0311 e. The summed E-state index contributed by atoms with van der Waals surface area (Å²) in [5, 5.41) is 0. The smallest absolute Gasteiger partial charge is 0.0311 e. The van der Waals surface area contributed by atoms with E-state index in [-0.39, 0.29) is 0 Å². The van der Waals surface area contributed by atoms with Gasteiger partial charge in [-0.1, -0.05) is 0 Å². The van der Waals surface area contributed by atoms with Crippen molar-refractivity contribution in [3.63, 3.8) is 0 Å². The van der Waals surface area contributed by atoms with Crippen molar-refractivity contribution in [3.8, 4) is 0 Å². The minimum atomic E-state index is 0.505. The Bertz CT molecular complexity index is 63.3. The standard InChI is InChI=1S/C6H17N3/c1-6(8-7-2)5-9(3)4/h6-8H,5H2,1-4H3. The summed E-state index contributed by atoms with van der Waals surface area (Å²) in [5.74, 6) is 0. The lowest BCUT2D eigenvalue weighted by molar-refractivity contribution is 0.335. The molecular formula is C6H17N3. The van der Waals surface area contributed by atoms with Crippen molar-refractivity contribution in [1.82, 2.24) is 15.8 Å². The second-order valence-electron chi connectivity index (χ2n) is 2.56. The Balaban J connectivity index is 3.15. The molecule has 0 fully saturated rings. The number of nitrogens with one attached hydrogen (secondary N) is 2. The largest absolute Gasteiger partial charge is 0.308 e. The molecule has 0 aromatic heterocycles. The van der Waals surface area contributed by atoms with Crippen LogP contribution in [0.15, 0.2) is 0 Å². The molecule has 1 unspecified atom stereocenters. The Morgan fingerprint density at radius 3 is 2.33 bits per heavy atom. The van der Waals surface area contributed by atoms with Crippen LogP contribution in [0.2, 0.25) is 0 Å². The van der Waals surface area contributed by atoms with Crippen LogP contribution < -0.4 is 10.9 Å². The molecule has 0 bridgehead atoms. The average Bonchev–Trinajstić information content (AvgIpc) is 1.63. The Labute approximate surface area is 57.4 Å². The Kier molecular flexibility index (Phi) is 4.67. The summed E-state index contributed by atoms with van der Waals surface area (Å²) in [6.07, 6.45) is 0. The van der Waals surface area contributed by atoms with Crippen molar-refractivity contribution in [3.05, 3.63) is 0 Å². The molecule has 3 nitrogen and oxygen atoms in total. The van der Waals surface area contributed by atoms with Gasteiger partial charge < -0.3 is 4.90 Å². The van der Waals surface area contributed by atoms with E-state index in [9.17, 15) is 0 Å². The number of nitrogens with zero attached hydrogens (tertiary/aromatic N) is 1. The van der Waals surface area contributed by atoms with Crippen LogP contribution >= 0.6 is 0 Å². The zero-order valence-corrected chi connectivity index (χ0v) is 6.73. The molecular weight excluding hydrogens is 114 g/mol. The highest BCUT2D eigenvalue weighted by Gasteiger charge is 1.98. The molecule has 0 rings (SSSR count). The van der Waals surface area contributed by atoms with E-state index >= 15 is 0 Å². The van der Waals surface area contributed by atoms with Gasteiger partial charge in [0.15, 0.2) is 0 Å². The summed E-state index contributed by atoms with van der Waals surface area (Å²) >= 11 is 0. The van der Waals surface area contributed by atoms with Crippen LogP contribution in [0.3, 0.4) is 0 Å². The summed E-state index contributed by atoms with van der Waals surface area (Å²) in [6, 6.07) is 0.505. The van der Waals surface area contributed by atoms with Gasteiger partial charge in [0.25, 0.3) is 0 Å². The first-order valence-electron chi connectivity index (χ1n) is 3.23. The topological polar surface area (TPSA) is 27.3 Å². The van der Waals surface area contributed by atoms with Crippen LogP contribution in [0.4, 0.5) is 0 Å². The van der Waals surface area contributed by atoms with Crippen molar-refractivity contribution >= 4 is 0 Å². The van der Waals surface area contributed by atoms with Gasteiger partial charge in [0.1, 0.15) is 0 Å². The average molecular weight is 131 g/mol. The Morgan fingerprint density at radius 2 is 2.00 bits per heavy atom. The SMILES string of the molecule is CNNC(C)CN(C)C. The molecule has 0 aliphatic carbocycles. The van der Waals surface area contributed by atoms with E-state index in [1.807, 2.05) is 7.05 Å². The van der Waals surface area contributed by atoms with E-state index in [0.29, 0.717) is 6.04 Å². The van der Waals surface area contributed by atoms with Crippen molar-refractivity contribution in [2.75, 3.05) is 27.7 Å². The predicted octanol–water partition coefficient (Wildman–Crippen LogP) is -0.339. The normalized spacial score (nSPS) is 14.3. The third-order valence-electron chi connectivity index (χ3n) is 1.03. The maximum atomic E-state index is 3.09. The van der Waals surface area contributed by atoms with Crippen molar-refractivity contribution < 1.29 is 0 Å². The molecule has 0 aromatic rings. The van der Waals surface area contributed by atoms with Crippen molar-refractivity contribution in [2.24, 2.45) is 0 Å². The second kappa shape index (κ2) is 4.73. The molecule has 0 amide bonds. The lowest BCUT2D eigenvalue weighted by Gasteiger charge is -2.17. The van der Waals surface area contributed by atoms with Crippen LogP contribution in [-0.4, -0.2) is 38.6 Å². The van der Waals surface area contributed by atoms with E-state index in [4.69, 9.17) is 0 Å². The zero-order valence-electron chi connectivity index (χ0n) is 6.73. The molecule has 3 heteroatoms. The fourth-order valence-electron chi connectivity index (χ4n) is 0.840. The summed E-state index contributed by atoms with van der Waals surface area (Å²) in [5.41, 5.74) is 5.98. The first-order valence-corrected chi connectivity index (χ1v) is 3.23. The molecule has 0 aliphatic heterocycles. The molecule has 0 spiro atoms. The molecule has 1 atom stereocenters. The summed E-state index contributed by atoms with van der Waals surface area (Å²) in [7, 11) is 6.01. The van der Waals surface area contributed by atoms with Gasteiger partial charge in [-0.3, -0.25) is 10.9 Å². The number of hydrazine groups is 1. The van der Waals surface area contributed by atoms with Crippen molar-refractivity contribution in [2.45, 2.75) is 13.0 Å². The Morgan fingerprint density at radius 1 is 1.44 bits per heavy atom. The second-order valence-corrected chi connectivity index (χ2v) is 2.56. The van der Waals surface area contributed by atoms with E-state index < -0.39 is 0 Å². The van der Waals surface area contributed by atoms with Crippen LogP contribution in [0.1, 0.15) is 6.92 Å². The van der Waals surface area contributed by atoms with Gasteiger partial charge in [-0.15, -0.1) is 0 Å². The van der Waals surface area contributed by atoms with Gasteiger partial charge in [0.2, 0.25) is 0 Å². The fraction of sp³-hybridized carbons (Fsp3) is 1.00. The van der Waals surface area contributed by atoms with Crippen LogP contribution in [0, 0.1) is 0 Å². The first-order chi connectivity index (χ1) is 4.16. The third-order valence-corrected chi connectivity index (χ3v) is 1.03. The molecule has 0 saturated heterocycles. The van der Waals surface area contributed by atoms with Crippen LogP contribution in [-0.2, 0) is 0 Å². The maximum absolute atomic E-state index is 3.09. The molecule has 0 aliphatic rings. The molecule has 56 valence electrons. The molecule has 0 saturated carbocycles. The number of likely N-dealkylation sites (N-methyl/N-ethyl adjacent to an activating group) is 1. The van der Waals surface area contributed by atoms with E-state index in [1.165, 1.54) is 0 Å². The third kappa shape index (κ3) is 5.76. The van der Waals surface area contributed by atoms with E-state index in [1.54, 1.807) is 0 Å². The van der Waals surface area contributed by atoms with Gasteiger partial charge in [-0.05, 0) is 28.1 Å². The highest BCUT2D eigenvalue weighted by Crippen LogP contribution is 1.80. The monoisotopic (exact) mass is 131 g/mol. The van der Waals surface area contributed by atoms with Gasteiger partial charge in [-0.2, -0.15) is 0 Å². The number of rotatable bonds is 4. The summed E-state index contributed by atoms with van der Waals surface area (Å²) < 4.78 is 0. The van der Waals surface area contributed by atoms with Crippen LogP contribution in [0.25, 0.3) is 0 Å². The predicted molar refractivity (Wildman–Crippen MR) is 40.2 cm³/mol. The first kappa shape index (κ1) is 8.88. The zero-order chi connectivity index (χ0) is 7.28. The quantitative estimate of drug-likeness (QED) is 0.511. The lowest BCUT2D eigenvalue weighted by Crippen LogP contribution is -2.42. The van der Waals surface area contributed by atoms with Gasteiger partial charge in [-0.25, -0.2) is 0 Å². The van der Waals surface area contributed by atoms with E-state index in [0.717, 1.165) is 6.54 Å². The van der Waals surface area contributed by atoms with E-state index in [2.05, 4.69) is 36.8 Å². The summed E-state index contributed by atoms with van der Waals surface area (Å²) in [6.45, 7) is 3.19. The molecule has 0 aromatic carbocycles. The molecule has 2 N–H and O–H groups in total. The van der Waals surface area contributed by atoms with Gasteiger partial charge in [0.05, 0.1) is 0 Å². The summed E-state index contributed by atoms with van der Waals surface area (Å²) in [4.78, 5) is 2.15.